The fourth-order valence-electron chi connectivity index (χ4n) is 8.76. The molecule has 27 heavy (non-hydrogen) atoms. The normalized spacial score (nSPS) is 50.4. The highest BCUT2D eigenvalue weighted by atomic mass is 16.4. The molecule has 0 aromatic rings. The highest BCUT2D eigenvalue weighted by molar-refractivity contribution is 5.66. The Labute approximate surface area is 165 Å². The summed E-state index contributed by atoms with van der Waals surface area (Å²) in [6.45, 7) is 7.43. The van der Waals surface area contributed by atoms with E-state index in [1.165, 1.54) is 44.9 Å². The molecule has 2 N–H and O–H groups in total. The number of carbonyl (C=O) groups is 1. The van der Waals surface area contributed by atoms with Crippen LogP contribution < -0.4 is 0 Å². The van der Waals surface area contributed by atoms with Crippen LogP contribution in [0, 0.1) is 46.3 Å². The van der Waals surface area contributed by atoms with Crippen LogP contribution in [0.1, 0.15) is 91.4 Å². The lowest BCUT2D eigenvalue weighted by Gasteiger charge is -2.61. The van der Waals surface area contributed by atoms with Gasteiger partial charge in [-0.1, -0.05) is 20.8 Å². The number of carboxylic acids is 1. The van der Waals surface area contributed by atoms with Gasteiger partial charge in [0.15, 0.2) is 0 Å². The van der Waals surface area contributed by atoms with Crippen LogP contribution in [0.25, 0.3) is 0 Å². The Morgan fingerprint density at radius 3 is 2.44 bits per heavy atom. The summed E-state index contributed by atoms with van der Waals surface area (Å²) in [5, 5.41) is 19.3. The first-order valence-corrected chi connectivity index (χ1v) is 11.7. The average molecular weight is 377 g/mol. The summed E-state index contributed by atoms with van der Waals surface area (Å²) in [4.78, 5) is 11.0. The third-order valence-electron chi connectivity index (χ3n) is 10.2. The first-order valence-electron chi connectivity index (χ1n) is 11.7. The van der Waals surface area contributed by atoms with Gasteiger partial charge in [-0.3, -0.25) is 4.79 Å². The molecule has 0 spiro atoms. The van der Waals surface area contributed by atoms with Crippen molar-refractivity contribution in [1.82, 2.24) is 0 Å². The van der Waals surface area contributed by atoms with Crippen molar-refractivity contribution >= 4 is 5.97 Å². The van der Waals surface area contributed by atoms with Crippen LogP contribution in [0.4, 0.5) is 0 Å². The highest BCUT2D eigenvalue weighted by Gasteiger charge is 2.60. The van der Waals surface area contributed by atoms with Crippen molar-refractivity contribution in [3.63, 3.8) is 0 Å². The lowest BCUT2D eigenvalue weighted by atomic mass is 9.44. The van der Waals surface area contributed by atoms with Gasteiger partial charge in [-0.15, -0.1) is 0 Å². The molecule has 0 unspecified atom stereocenters. The number of hydrogen-bond donors (Lipinski definition) is 2. The van der Waals surface area contributed by atoms with Crippen LogP contribution in [-0.2, 0) is 4.79 Å². The van der Waals surface area contributed by atoms with Crippen molar-refractivity contribution in [2.45, 2.75) is 97.5 Å². The van der Waals surface area contributed by atoms with Gasteiger partial charge >= 0.3 is 5.97 Å². The van der Waals surface area contributed by atoms with Crippen molar-refractivity contribution in [3.05, 3.63) is 0 Å². The highest BCUT2D eigenvalue weighted by Crippen LogP contribution is 2.68. The maximum atomic E-state index is 11.0. The van der Waals surface area contributed by atoms with Crippen molar-refractivity contribution in [2.75, 3.05) is 0 Å². The van der Waals surface area contributed by atoms with E-state index in [4.69, 9.17) is 5.11 Å². The van der Waals surface area contributed by atoms with Crippen LogP contribution in [-0.4, -0.2) is 22.3 Å². The van der Waals surface area contributed by atoms with Crippen LogP contribution in [0.15, 0.2) is 0 Å². The number of aliphatic hydroxyl groups excluding tert-OH is 1. The molecule has 4 rings (SSSR count). The number of rotatable bonds is 4. The minimum atomic E-state index is -0.643. The molecular formula is C24H40O3. The standard InChI is InChI=1S/C24H40O3/c1-15(4-9-22(26)27)19-7-8-20-18-6-5-16-14-17(25)10-12-23(16,2)21(18)11-13-24(19,20)3/h15-21,25H,4-14H2,1-3H3,(H,26,27)/t15-,16-,17-,18+,19-,20+,21+,23-,24+/m0/s1. The fraction of sp³-hybridized carbons (Fsp3) is 0.958. The van der Waals surface area contributed by atoms with Crippen LogP contribution in [0.2, 0.25) is 0 Å². The minimum absolute atomic E-state index is 0.0561. The quantitative estimate of drug-likeness (QED) is 0.680. The van der Waals surface area contributed by atoms with Gasteiger partial charge in [0, 0.05) is 6.42 Å². The molecule has 0 aromatic heterocycles. The molecule has 4 aliphatic rings. The smallest absolute Gasteiger partial charge is 0.303 e. The summed E-state index contributed by atoms with van der Waals surface area (Å²) in [5.74, 6) is 3.91. The monoisotopic (exact) mass is 376 g/mol. The van der Waals surface area contributed by atoms with Gasteiger partial charge in [0.25, 0.3) is 0 Å². The predicted octanol–water partition coefficient (Wildman–Crippen LogP) is 5.51. The van der Waals surface area contributed by atoms with E-state index in [-0.39, 0.29) is 6.10 Å². The second-order valence-electron chi connectivity index (χ2n) is 11.2. The summed E-state index contributed by atoms with van der Waals surface area (Å²) in [5.41, 5.74) is 0.882. The second kappa shape index (κ2) is 7.04. The zero-order chi connectivity index (χ0) is 19.4. The van der Waals surface area contributed by atoms with Crippen molar-refractivity contribution in [3.8, 4) is 0 Å². The molecule has 0 heterocycles. The SMILES string of the molecule is C[C@@H](CCC(=O)O)[C@@H]1CC[C@@H]2[C@H]3CC[C@H]4C[C@@H](O)CC[C@]4(C)[C@@H]3CC[C@@]21C. The Balaban J connectivity index is 1.51. The van der Waals surface area contributed by atoms with Crippen LogP contribution >= 0.6 is 0 Å². The number of carboxylic acid groups (broad SMARTS) is 1. The maximum Gasteiger partial charge on any atom is 0.303 e. The molecule has 4 aliphatic carbocycles. The van der Waals surface area contributed by atoms with E-state index in [2.05, 4.69) is 20.8 Å². The predicted molar refractivity (Wildman–Crippen MR) is 107 cm³/mol. The first-order chi connectivity index (χ1) is 12.8. The number of fused-ring (bicyclic) bond motifs is 5. The van der Waals surface area contributed by atoms with Crippen molar-refractivity contribution < 1.29 is 15.0 Å². The van der Waals surface area contributed by atoms with Crippen LogP contribution in [0.5, 0.6) is 0 Å². The van der Waals surface area contributed by atoms with E-state index in [1.54, 1.807) is 0 Å². The maximum absolute atomic E-state index is 11.0. The molecule has 3 heteroatoms. The molecule has 4 saturated carbocycles. The molecular weight excluding hydrogens is 336 g/mol. The van der Waals surface area contributed by atoms with Crippen molar-refractivity contribution in [1.29, 1.82) is 0 Å². The lowest BCUT2D eigenvalue weighted by Crippen LogP contribution is -2.54. The van der Waals surface area contributed by atoms with E-state index in [0.29, 0.717) is 29.1 Å². The number of aliphatic hydroxyl groups is 1. The Kier molecular flexibility index (Phi) is 5.15. The topological polar surface area (TPSA) is 57.5 Å². The third-order valence-corrected chi connectivity index (χ3v) is 10.2. The third kappa shape index (κ3) is 3.16. The van der Waals surface area contributed by atoms with Gasteiger partial charge in [-0.2, -0.15) is 0 Å². The molecule has 0 radical (unpaired) electrons. The molecule has 0 amide bonds. The van der Waals surface area contributed by atoms with Gasteiger partial charge in [0.1, 0.15) is 0 Å². The zero-order valence-corrected chi connectivity index (χ0v) is 17.6. The molecule has 0 aliphatic heterocycles. The average Bonchev–Trinajstić information content (AvgIpc) is 2.97. The van der Waals surface area contributed by atoms with Gasteiger partial charge < -0.3 is 10.2 Å². The summed E-state index contributed by atoms with van der Waals surface area (Å²) in [7, 11) is 0. The number of hydrogen-bond acceptors (Lipinski definition) is 2. The van der Waals surface area contributed by atoms with E-state index in [1.807, 2.05) is 0 Å². The summed E-state index contributed by atoms with van der Waals surface area (Å²) in [6.07, 6.45) is 12.4. The van der Waals surface area contributed by atoms with Crippen molar-refractivity contribution in [2.24, 2.45) is 46.3 Å². The molecule has 4 fully saturated rings. The molecule has 154 valence electrons. The zero-order valence-electron chi connectivity index (χ0n) is 17.6. The van der Waals surface area contributed by atoms with Gasteiger partial charge in [-0.25, -0.2) is 0 Å². The van der Waals surface area contributed by atoms with E-state index in [9.17, 15) is 9.90 Å². The second-order valence-corrected chi connectivity index (χ2v) is 11.2. The Bertz CT molecular complexity index is 574. The first kappa shape index (κ1) is 19.7. The fourth-order valence-corrected chi connectivity index (χ4v) is 8.76. The molecule has 9 atom stereocenters. The minimum Gasteiger partial charge on any atom is -0.481 e. The summed E-state index contributed by atoms with van der Waals surface area (Å²) in [6, 6.07) is 0. The van der Waals surface area contributed by atoms with Gasteiger partial charge in [0.05, 0.1) is 6.10 Å². The van der Waals surface area contributed by atoms with Gasteiger partial charge in [-0.05, 0) is 111 Å². The van der Waals surface area contributed by atoms with Gasteiger partial charge in [0.2, 0.25) is 0 Å². The Morgan fingerprint density at radius 1 is 1.00 bits per heavy atom. The van der Waals surface area contributed by atoms with Crippen LogP contribution in [0.3, 0.4) is 0 Å². The number of aliphatic carboxylic acids is 1. The Hall–Kier alpha value is -0.570. The lowest BCUT2D eigenvalue weighted by molar-refractivity contribution is -0.138. The molecule has 0 saturated heterocycles. The summed E-state index contributed by atoms with van der Waals surface area (Å²) >= 11 is 0. The largest absolute Gasteiger partial charge is 0.481 e. The van der Waals surface area contributed by atoms with E-state index < -0.39 is 5.97 Å². The molecule has 0 bridgehead atoms. The Morgan fingerprint density at radius 2 is 1.70 bits per heavy atom. The summed E-state index contributed by atoms with van der Waals surface area (Å²) < 4.78 is 0. The molecule has 0 aromatic carbocycles. The van der Waals surface area contributed by atoms with E-state index in [0.717, 1.165) is 42.9 Å². The molecule has 3 nitrogen and oxygen atoms in total. The van der Waals surface area contributed by atoms with E-state index >= 15 is 0 Å².